The quantitative estimate of drug-likeness (QED) is 0.217. The first-order valence-electron chi connectivity index (χ1n) is 10.4. The molecule has 0 aliphatic heterocycles. The summed E-state index contributed by atoms with van der Waals surface area (Å²) in [4.78, 5) is 35.7. The summed E-state index contributed by atoms with van der Waals surface area (Å²) in [5.74, 6) is -2.00. The Morgan fingerprint density at radius 1 is 1.03 bits per heavy atom. The van der Waals surface area contributed by atoms with Gasteiger partial charge >= 0.3 is 11.8 Å². The zero-order chi connectivity index (χ0) is 23.1. The van der Waals surface area contributed by atoms with Gasteiger partial charge in [-0.15, -0.1) is 0 Å². The van der Waals surface area contributed by atoms with Crippen molar-refractivity contribution < 1.29 is 19.1 Å². The summed E-state index contributed by atoms with van der Waals surface area (Å²) in [7, 11) is 1.49. The first-order valence-corrected chi connectivity index (χ1v) is 10.4. The number of rotatable bonds is 8. The topological polar surface area (TPSA) is 114 Å². The number of methoxy groups -OCH3 is 1. The fraction of sp³-hybridized carbons (Fsp3) is 0.304. The van der Waals surface area contributed by atoms with Gasteiger partial charge in [0.15, 0.2) is 0 Å². The molecule has 0 saturated heterocycles. The van der Waals surface area contributed by atoms with Gasteiger partial charge in [-0.05, 0) is 38.1 Å². The second kappa shape index (κ2) is 10.5. The lowest BCUT2D eigenvalue weighted by molar-refractivity contribution is -0.139. The number of hydrogen-bond donors (Lipinski definition) is 3. The highest BCUT2D eigenvalue weighted by molar-refractivity contribution is 6.35. The van der Waals surface area contributed by atoms with Crippen LogP contribution in [0.4, 0.5) is 5.69 Å². The van der Waals surface area contributed by atoms with Crippen molar-refractivity contribution in [1.29, 1.82) is 0 Å². The van der Waals surface area contributed by atoms with Gasteiger partial charge in [-0.25, -0.2) is 5.43 Å². The Kier molecular flexibility index (Phi) is 7.56. The van der Waals surface area contributed by atoms with E-state index in [2.05, 4.69) is 44.8 Å². The molecule has 2 aromatic carbocycles. The van der Waals surface area contributed by atoms with E-state index < -0.39 is 11.8 Å². The third-order valence-electron chi connectivity index (χ3n) is 4.94. The Hall–Kier alpha value is -3.72. The van der Waals surface area contributed by atoms with Crippen LogP contribution in [0.2, 0.25) is 0 Å². The first kappa shape index (κ1) is 23.0. The Morgan fingerprint density at radius 2 is 1.78 bits per heavy atom. The zero-order valence-corrected chi connectivity index (χ0v) is 18.4. The van der Waals surface area contributed by atoms with E-state index in [1.165, 1.54) is 7.11 Å². The molecule has 0 aliphatic rings. The van der Waals surface area contributed by atoms with Crippen molar-refractivity contribution in [2.75, 3.05) is 25.6 Å². The Morgan fingerprint density at radius 3 is 2.53 bits per heavy atom. The molecule has 0 saturated carbocycles. The highest BCUT2D eigenvalue weighted by Gasteiger charge is 2.13. The first-order chi connectivity index (χ1) is 15.4. The average Bonchev–Trinajstić information content (AvgIpc) is 3.10. The Labute approximate surface area is 185 Å². The number of nitrogens with zero attached hydrogens (tertiary/aromatic N) is 2. The van der Waals surface area contributed by atoms with Gasteiger partial charge in [-0.1, -0.05) is 18.2 Å². The third-order valence-corrected chi connectivity index (χ3v) is 4.94. The molecule has 32 heavy (non-hydrogen) atoms. The highest BCUT2D eigenvalue weighted by atomic mass is 16.5. The molecule has 3 N–H and O–H groups in total. The number of aryl methyl sites for hydroxylation is 1. The van der Waals surface area contributed by atoms with Crippen LogP contribution < -0.4 is 16.1 Å². The maximum Gasteiger partial charge on any atom is 0.329 e. The van der Waals surface area contributed by atoms with Gasteiger partial charge in [0.25, 0.3) is 0 Å². The van der Waals surface area contributed by atoms with Crippen molar-refractivity contribution in [1.82, 2.24) is 15.3 Å². The normalized spacial score (nSPS) is 11.5. The summed E-state index contributed by atoms with van der Waals surface area (Å²) in [6, 6.07) is 14.0. The summed E-state index contributed by atoms with van der Waals surface area (Å²) < 4.78 is 7.03. The molecular weight excluding hydrogens is 410 g/mol. The van der Waals surface area contributed by atoms with E-state index in [0.29, 0.717) is 18.0 Å². The smallest absolute Gasteiger partial charge is 0.329 e. The van der Waals surface area contributed by atoms with Crippen LogP contribution in [-0.4, -0.2) is 48.3 Å². The minimum Gasteiger partial charge on any atom is -0.383 e. The van der Waals surface area contributed by atoms with E-state index in [1.807, 2.05) is 30.3 Å². The molecule has 168 valence electrons. The number of carbonyl (C=O) groups excluding carboxylic acids is 3. The molecule has 1 heterocycles. The standard InChI is InChI=1S/C23H27N5O4/c1-4-28-19-8-6-5-7-17(19)18-14-16(9-10-20(18)28)25-21(29)13-15(2)26-27-23(31)22(30)24-11-12-32-3/h5-10,14H,4,11-13H2,1-3H3,(H,24,30)(H,25,29)(H,27,31)/b26-15+. The average molecular weight is 438 g/mol. The van der Waals surface area contributed by atoms with Crippen molar-refractivity contribution in [2.24, 2.45) is 5.10 Å². The lowest BCUT2D eigenvalue weighted by Gasteiger charge is -2.07. The molecule has 0 atom stereocenters. The van der Waals surface area contributed by atoms with Gasteiger partial charge < -0.3 is 19.9 Å². The fourth-order valence-corrected chi connectivity index (χ4v) is 3.49. The maximum absolute atomic E-state index is 12.4. The SMILES string of the molecule is CCn1c2ccccc2c2cc(NC(=O)C/C(C)=N/NC(=O)C(=O)NCCOC)ccc21. The second-order valence-electron chi connectivity index (χ2n) is 7.25. The van der Waals surface area contributed by atoms with Crippen LogP contribution in [0.3, 0.4) is 0 Å². The summed E-state index contributed by atoms with van der Waals surface area (Å²) >= 11 is 0. The van der Waals surface area contributed by atoms with E-state index in [-0.39, 0.29) is 18.9 Å². The van der Waals surface area contributed by atoms with Crippen molar-refractivity contribution in [2.45, 2.75) is 26.8 Å². The molecule has 0 fully saturated rings. The molecule has 0 spiro atoms. The van der Waals surface area contributed by atoms with Crippen molar-refractivity contribution in [3.05, 3.63) is 42.5 Å². The molecule has 9 heteroatoms. The molecule has 9 nitrogen and oxygen atoms in total. The number of hydrogen-bond acceptors (Lipinski definition) is 5. The Balaban J connectivity index is 1.63. The number of aromatic nitrogens is 1. The molecule has 3 rings (SSSR count). The number of nitrogens with one attached hydrogen (secondary N) is 3. The van der Waals surface area contributed by atoms with E-state index in [4.69, 9.17) is 4.74 Å². The highest BCUT2D eigenvalue weighted by Crippen LogP contribution is 2.30. The molecule has 3 aromatic rings. The number of benzene rings is 2. The number of para-hydroxylation sites is 1. The Bertz CT molecular complexity index is 1180. The van der Waals surface area contributed by atoms with Gasteiger partial charge in [-0.3, -0.25) is 14.4 Å². The zero-order valence-electron chi connectivity index (χ0n) is 18.4. The van der Waals surface area contributed by atoms with Gasteiger partial charge in [0.1, 0.15) is 0 Å². The van der Waals surface area contributed by atoms with E-state index in [1.54, 1.807) is 6.92 Å². The van der Waals surface area contributed by atoms with Crippen molar-refractivity contribution >= 4 is 50.9 Å². The van der Waals surface area contributed by atoms with Gasteiger partial charge in [0, 0.05) is 53.4 Å². The summed E-state index contributed by atoms with van der Waals surface area (Å²) in [5.41, 5.74) is 5.45. The van der Waals surface area contributed by atoms with E-state index in [9.17, 15) is 14.4 Å². The minimum atomic E-state index is -0.904. The molecule has 0 aliphatic carbocycles. The maximum atomic E-state index is 12.4. The lowest BCUT2D eigenvalue weighted by Crippen LogP contribution is -2.39. The molecular formula is C23H27N5O4. The number of anilines is 1. The van der Waals surface area contributed by atoms with Gasteiger partial charge in [-0.2, -0.15) is 5.10 Å². The largest absolute Gasteiger partial charge is 0.383 e. The van der Waals surface area contributed by atoms with Crippen LogP contribution in [0.15, 0.2) is 47.6 Å². The lowest BCUT2D eigenvalue weighted by atomic mass is 10.1. The predicted octanol–water partition coefficient (Wildman–Crippen LogP) is 2.40. The summed E-state index contributed by atoms with van der Waals surface area (Å²) in [6.45, 7) is 5.06. The summed E-state index contributed by atoms with van der Waals surface area (Å²) in [5, 5.41) is 11.3. The molecule has 0 radical (unpaired) electrons. The van der Waals surface area contributed by atoms with Crippen LogP contribution >= 0.6 is 0 Å². The predicted molar refractivity (Wildman–Crippen MR) is 125 cm³/mol. The minimum absolute atomic E-state index is 0.0274. The van der Waals surface area contributed by atoms with Crippen LogP contribution in [0.5, 0.6) is 0 Å². The van der Waals surface area contributed by atoms with Crippen molar-refractivity contribution in [3.63, 3.8) is 0 Å². The summed E-state index contributed by atoms with van der Waals surface area (Å²) in [6.07, 6.45) is -0.0274. The van der Waals surface area contributed by atoms with Crippen LogP contribution in [-0.2, 0) is 25.7 Å². The second-order valence-corrected chi connectivity index (χ2v) is 7.25. The van der Waals surface area contributed by atoms with Crippen LogP contribution in [0, 0.1) is 0 Å². The number of amides is 3. The molecule has 3 amide bonds. The van der Waals surface area contributed by atoms with E-state index in [0.717, 1.165) is 28.4 Å². The number of hydrazone groups is 1. The van der Waals surface area contributed by atoms with Gasteiger partial charge in [0.05, 0.1) is 13.0 Å². The van der Waals surface area contributed by atoms with E-state index >= 15 is 0 Å². The third kappa shape index (κ3) is 5.30. The number of ether oxygens (including phenoxy) is 1. The molecule has 0 bridgehead atoms. The monoisotopic (exact) mass is 437 g/mol. The van der Waals surface area contributed by atoms with Crippen molar-refractivity contribution in [3.8, 4) is 0 Å². The number of carbonyl (C=O) groups is 3. The fourth-order valence-electron chi connectivity index (χ4n) is 3.49. The van der Waals surface area contributed by atoms with Gasteiger partial charge in [0.2, 0.25) is 5.91 Å². The van der Waals surface area contributed by atoms with Crippen LogP contribution in [0.25, 0.3) is 21.8 Å². The van der Waals surface area contributed by atoms with Crippen LogP contribution in [0.1, 0.15) is 20.3 Å². The molecule has 0 unspecified atom stereocenters. The number of fused-ring (bicyclic) bond motifs is 3. The molecule has 1 aromatic heterocycles.